The van der Waals surface area contributed by atoms with E-state index in [4.69, 9.17) is 0 Å². The van der Waals surface area contributed by atoms with Crippen LogP contribution in [0.1, 0.15) is 37.9 Å². The number of anilines is 1. The molecule has 0 aromatic heterocycles. The molecule has 1 heterocycles. The minimum Gasteiger partial charge on any atom is -0.506 e. The largest absolute Gasteiger partial charge is 0.506 e. The highest BCUT2D eigenvalue weighted by molar-refractivity contribution is 5.78. The van der Waals surface area contributed by atoms with Crippen LogP contribution < -0.4 is 10.2 Å². The number of benzene rings is 2. The van der Waals surface area contributed by atoms with Crippen molar-refractivity contribution < 1.29 is 9.90 Å². The maximum absolute atomic E-state index is 12.5. The number of phenolic OH excluding ortho intramolecular Hbond substituents is 1. The second kappa shape index (κ2) is 9.79. The second-order valence-electron chi connectivity index (χ2n) is 8.38. The van der Waals surface area contributed by atoms with Crippen molar-refractivity contribution in [2.24, 2.45) is 5.92 Å². The van der Waals surface area contributed by atoms with E-state index in [-0.39, 0.29) is 11.9 Å². The minimum atomic E-state index is -0.00171. The van der Waals surface area contributed by atoms with Crippen LogP contribution in [0.5, 0.6) is 5.75 Å². The first-order valence-corrected chi connectivity index (χ1v) is 10.6. The lowest BCUT2D eigenvalue weighted by Gasteiger charge is -2.36. The Labute approximate surface area is 174 Å². The lowest BCUT2D eigenvalue weighted by Crippen LogP contribution is -2.49. The third kappa shape index (κ3) is 5.97. The molecule has 0 radical (unpaired) electrons. The van der Waals surface area contributed by atoms with E-state index in [0.717, 1.165) is 43.9 Å². The molecule has 3 rings (SSSR count). The first-order valence-electron chi connectivity index (χ1n) is 10.6. The number of para-hydroxylation sites is 2. The molecule has 5 heteroatoms. The molecule has 0 aliphatic carbocycles. The Morgan fingerprint density at radius 3 is 2.28 bits per heavy atom. The van der Waals surface area contributed by atoms with Crippen molar-refractivity contribution in [2.75, 3.05) is 37.6 Å². The molecule has 0 bridgehead atoms. The van der Waals surface area contributed by atoms with Gasteiger partial charge in [0.2, 0.25) is 5.91 Å². The van der Waals surface area contributed by atoms with Crippen molar-refractivity contribution >= 4 is 11.6 Å². The van der Waals surface area contributed by atoms with E-state index in [0.29, 0.717) is 18.2 Å². The van der Waals surface area contributed by atoms with E-state index < -0.39 is 0 Å². The zero-order valence-electron chi connectivity index (χ0n) is 17.8. The molecule has 1 aliphatic rings. The number of carbonyl (C=O) groups excluding carboxylic acids is 1. The van der Waals surface area contributed by atoms with E-state index in [1.165, 1.54) is 5.56 Å². The standard InChI is InChI=1S/C24H33N3O2/c1-18(2)16-20-8-10-21(11-9-20)19(3)25-24(29)17-26-12-14-27(15-13-26)22-6-4-5-7-23(22)28/h4-11,18-19,28H,12-17H2,1-3H3,(H,25,29)/t19-/m0/s1. The highest BCUT2D eigenvalue weighted by Gasteiger charge is 2.21. The van der Waals surface area contributed by atoms with Crippen molar-refractivity contribution in [1.29, 1.82) is 0 Å². The van der Waals surface area contributed by atoms with Crippen LogP contribution in [0.3, 0.4) is 0 Å². The van der Waals surface area contributed by atoms with Gasteiger partial charge in [-0.15, -0.1) is 0 Å². The summed E-state index contributed by atoms with van der Waals surface area (Å²) in [4.78, 5) is 16.8. The number of phenols is 1. The summed E-state index contributed by atoms with van der Waals surface area (Å²) in [7, 11) is 0. The van der Waals surface area contributed by atoms with Crippen molar-refractivity contribution in [1.82, 2.24) is 10.2 Å². The Kier molecular flexibility index (Phi) is 7.15. The van der Waals surface area contributed by atoms with Crippen molar-refractivity contribution in [3.63, 3.8) is 0 Å². The Hall–Kier alpha value is -2.53. The topological polar surface area (TPSA) is 55.8 Å². The summed E-state index contributed by atoms with van der Waals surface area (Å²) in [6.45, 7) is 10.1. The maximum Gasteiger partial charge on any atom is 0.234 e. The smallest absolute Gasteiger partial charge is 0.234 e. The normalized spacial score (nSPS) is 16.1. The number of rotatable bonds is 7. The fraction of sp³-hybridized carbons (Fsp3) is 0.458. The Bertz CT molecular complexity index is 796. The minimum absolute atomic E-state index is 0.00171. The maximum atomic E-state index is 12.5. The van der Waals surface area contributed by atoms with E-state index >= 15 is 0 Å². The van der Waals surface area contributed by atoms with Gasteiger partial charge in [-0.1, -0.05) is 50.2 Å². The summed E-state index contributed by atoms with van der Waals surface area (Å²) < 4.78 is 0. The molecule has 1 atom stereocenters. The predicted molar refractivity (Wildman–Crippen MR) is 118 cm³/mol. The van der Waals surface area contributed by atoms with Gasteiger partial charge in [0.25, 0.3) is 0 Å². The average Bonchev–Trinajstić information content (AvgIpc) is 2.69. The third-order valence-corrected chi connectivity index (χ3v) is 5.46. The van der Waals surface area contributed by atoms with Crippen LogP contribution in [0.25, 0.3) is 0 Å². The highest BCUT2D eigenvalue weighted by atomic mass is 16.3. The first kappa shape index (κ1) is 21.2. The highest BCUT2D eigenvalue weighted by Crippen LogP contribution is 2.27. The number of amides is 1. The van der Waals surface area contributed by atoms with E-state index in [1.54, 1.807) is 6.07 Å². The fourth-order valence-corrected chi connectivity index (χ4v) is 3.87. The second-order valence-corrected chi connectivity index (χ2v) is 8.38. The van der Waals surface area contributed by atoms with Crippen LogP contribution >= 0.6 is 0 Å². The van der Waals surface area contributed by atoms with Gasteiger partial charge in [0.05, 0.1) is 18.3 Å². The molecule has 2 N–H and O–H groups in total. The van der Waals surface area contributed by atoms with Crippen molar-refractivity contribution in [3.05, 3.63) is 59.7 Å². The van der Waals surface area contributed by atoms with Gasteiger partial charge in [0, 0.05) is 26.2 Å². The Morgan fingerprint density at radius 1 is 1.00 bits per heavy atom. The monoisotopic (exact) mass is 395 g/mol. The zero-order chi connectivity index (χ0) is 20.8. The van der Waals surface area contributed by atoms with E-state index in [2.05, 4.69) is 53.2 Å². The Balaban J connectivity index is 1.45. The average molecular weight is 396 g/mol. The number of hydrogen-bond donors (Lipinski definition) is 2. The molecule has 1 amide bonds. The van der Waals surface area contributed by atoms with Crippen LogP contribution in [-0.4, -0.2) is 48.6 Å². The number of nitrogens with zero attached hydrogens (tertiary/aromatic N) is 2. The molecule has 0 unspecified atom stereocenters. The summed E-state index contributed by atoms with van der Waals surface area (Å²) in [5, 5.41) is 13.1. The van der Waals surface area contributed by atoms with Gasteiger partial charge < -0.3 is 15.3 Å². The molecule has 1 fully saturated rings. The van der Waals surface area contributed by atoms with Gasteiger partial charge in [0.15, 0.2) is 0 Å². The van der Waals surface area contributed by atoms with Crippen LogP contribution in [0, 0.1) is 5.92 Å². The quantitative estimate of drug-likeness (QED) is 0.752. The van der Waals surface area contributed by atoms with Gasteiger partial charge in [-0.2, -0.15) is 0 Å². The van der Waals surface area contributed by atoms with Crippen LogP contribution in [0.2, 0.25) is 0 Å². The molecule has 1 saturated heterocycles. The van der Waals surface area contributed by atoms with Gasteiger partial charge >= 0.3 is 0 Å². The van der Waals surface area contributed by atoms with Gasteiger partial charge in [-0.05, 0) is 42.5 Å². The van der Waals surface area contributed by atoms with Crippen molar-refractivity contribution in [2.45, 2.75) is 33.2 Å². The SMILES string of the molecule is CC(C)Cc1ccc([C@H](C)NC(=O)CN2CCN(c3ccccc3O)CC2)cc1. The molecule has 2 aromatic rings. The van der Waals surface area contributed by atoms with Gasteiger partial charge in [-0.25, -0.2) is 0 Å². The zero-order valence-corrected chi connectivity index (χ0v) is 17.8. The van der Waals surface area contributed by atoms with Gasteiger partial charge in [-0.3, -0.25) is 9.69 Å². The molecule has 156 valence electrons. The number of carbonyl (C=O) groups is 1. The summed E-state index contributed by atoms with van der Waals surface area (Å²) >= 11 is 0. The summed E-state index contributed by atoms with van der Waals surface area (Å²) in [5.41, 5.74) is 3.34. The first-order chi connectivity index (χ1) is 13.9. The molecule has 0 saturated carbocycles. The fourth-order valence-electron chi connectivity index (χ4n) is 3.87. The molecule has 1 aliphatic heterocycles. The number of nitrogens with one attached hydrogen (secondary N) is 1. The molecule has 5 nitrogen and oxygen atoms in total. The van der Waals surface area contributed by atoms with E-state index in [9.17, 15) is 9.90 Å². The summed E-state index contributed by atoms with van der Waals surface area (Å²) in [5.74, 6) is 1.01. The lowest BCUT2D eigenvalue weighted by atomic mass is 10.00. The molecular weight excluding hydrogens is 362 g/mol. The summed E-state index contributed by atoms with van der Waals surface area (Å²) in [6.07, 6.45) is 1.08. The molecule has 2 aromatic carbocycles. The Morgan fingerprint density at radius 2 is 1.66 bits per heavy atom. The lowest BCUT2D eigenvalue weighted by molar-refractivity contribution is -0.123. The number of aromatic hydroxyl groups is 1. The van der Waals surface area contributed by atoms with Crippen LogP contribution in [-0.2, 0) is 11.2 Å². The van der Waals surface area contributed by atoms with Crippen LogP contribution in [0.4, 0.5) is 5.69 Å². The van der Waals surface area contributed by atoms with Gasteiger partial charge in [0.1, 0.15) is 5.75 Å². The number of hydrogen-bond acceptors (Lipinski definition) is 4. The summed E-state index contributed by atoms with van der Waals surface area (Å²) in [6, 6.07) is 16.0. The van der Waals surface area contributed by atoms with Crippen LogP contribution in [0.15, 0.2) is 48.5 Å². The predicted octanol–water partition coefficient (Wildman–Crippen LogP) is 3.59. The molecular formula is C24H33N3O2. The van der Waals surface area contributed by atoms with Crippen molar-refractivity contribution in [3.8, 4) is 5.75 Å². The number of piperazine rings is 1. The third-order valence-electron chi connectivity index (χ3n) is 5.46. The molecule has 0 spiro atoms. The van der Waals surface area contributed by atoms with E-state index in [1.807, 2.05) is 25.1 Å². The molecule has 29 heavy (non-hydrogen) atoms.